The highest BCUT2D eigenvalue weighted by atomic mass is 127. The summed E-state index contributed by atoms with van der Waals surface area (Å²) in [6, 6.07) is 8.74. The van der Waals surface area contributed by atoms with E-state index in [1.54, 1.807) is 0 Å². The number of rotatable bonds is 5. The second kappa shape index (κ2) is 6.40. The predicted molar refractivity (Wildman–Crippen MR) is 70.2 cm³/mol. The maximum Gasteiger partial charge on any atom is 0.0294 e. The minimum atomic E-state index is 0.221. The average molecular weight is 303 g/mol. The smallest absolute Gasteiger partial charge is 0.0294 e. The van der Waals surface area contributed by atoms with E-state index >= 15 is 0 Å². The highest BCUT2D eigenvalue weighted by Gasteiger charge is 2.04. The van der Waals surface area contributed by atoms with Gasteiger partial charge in [-0.05, 0) is 46.7 Å². The van der Waals surface area contributed by atoms with Crippen molar-refractivity contribution in [2.45, 2.75) is 38.6 Å². The minimum Gasteiger partial charge on any atom is -0.324 e. The number of benzene rings is 1. The van der Waals surface area contributed by atoms with E-state index in [0.717, 1.165) is 6.42 Å². The number of halogens is 1. The van der Waals surface area contributed by atoms with Crippen LogP contribution in [0.25, 0.3) is 0 Å². The van der Waals surface area contributed by atoms with Crippen LogP contribution in [0.5, 0.6) is 0 Å². The van der Waals surface area contributed by atoms with Crippen molar-refractivity contribution < 1.29 is 0 Å². The van der Waals surface area contributed by atoms with Crippen LogP contribution in [0.4, 0.5) is 0 Å². The lowest BCUT2D eigenvalue weighted by Crippen LogP contribution is -2.09. The number of hydrogen-bond donors (Lipinski definition) is 1. The van der Waals surface area contributed by atoms with Gasteiger partial charge in [-0.2, -0.15) is 0 Å². The lowest BCUT2D eigenvalue weighted by Gasteiger charge is -2.11. The Bertz CT molecular complexity index is 256. The molecule has 1 aromatic rings. The SMILES string of the molecule is CCCCC[C@H](N)c1ccc(I)cc1. The van der Waals surface area contributed by atoms with Gasteiger partial charge in [0.05, 0.1) is 0 Å². The van der Waals surface area contributed by atoms with E-state index < -0.39 is 0 Å². The molecule has 2 heteroatoms. The fourth-order valence-electron chi connectivity index (χ4n) is 1.49. The largest absolute Gasteiger partial charge is 0.324 e. The maximum atomic E-state index is 6.08. The Labute approximate surface area is 100 Å². The van der Waals surface area contributed by atoms with Crippen LogP contribution in [-0.4, -0.2) is 0 Å². The van der Waals surface area contributed by atoms with Gasteiger partial charge < -0.3 is 5.73 Å². The highest BCUT2D eigenvalue weighted by molar-refractivity contribution is 14.1. The first-order chi connectivity index (χ1) is 6.74. The van der Waals surface area contributed by atoms with E-state index in [-0.39, 0.29) is 6.04 Å². The molecule has 0 amide bonds. The summed E-state index contributed by atoms with van der Waals surface area (Å²) in [4.78, 5) is 0. The van der Waals surface area contributed by atoms with Crippen molar-refractivity contribution in [3.05, 3.63) is 33.4 Å². The van der Waals surface area contributed by atoms with Crippen LogP contribution in [0.2, 0.25) is 0 Å². The topological polar surface area (TPSA) is 26.0 Å². The maximum absolute atomic E-state index is 6.08. The fourth-order valence-corrected chi connectivity index (χ4v) is 1.85. The van der Waals surface area contributed by atoms with Gasteiger partial charge in [0.2, 0.25) is 0 Å². The highest BCUT2D eigenvalue weighted by Crippen LogP contribution is 2.18. The molecular formula is C12H18IN. The molecule has 0 spiro atoms. The third-order valence-electron chi connectivity index (χ3n) is 2.42. The molecule has 0 radical (unpaired) electrons. The quantitative estimate of drug-likeness (QED) is 0.648. The van der Waals surface area contributed by atoms with Crippen molar-refractivity contribution in [3.63, 3.8) is 0 Å². The number of nitrogens with two attached hydrogens (primary N) is 1. The van der Waals surface area contributed by atoms with Gasteiger partial charge in [0, 0.05) is 9.61 Å². The Kier molecular flexibility index (Phi) is 5.48. The van der Waals surface area contributed by atoms with Crippen LogP contribution in [-0.2, 0) is 0 Å². The monoisotopic (exact) mass is 303 g/mol. The lowest BCUT2D eigenvalue weighted by atomic mass is 10.0. The molecule has 0 bridgehead atoms. The van der Waals surface area contributed by atoms with Gasteiger partial charge in [-0.1, -0.05) is 38.3 Å². The summed E-state index contributed by atoms with van der Waals surface area (Å²) in [7, 11) is 0. The molecule has 0 aliphatic rings. The van der Waals surface area contributed by atoms with Gasteiger partial charge in [0.25, 0.3) is 0 Å². The van der Waals surface area contributed by atoms with Crippen LogP contribution in [0.1, 0.15) is 44.2 Å². The zero-order valence-electron chi connectivity index (χ0n) is 8.67. The van der Waals surface area contributed by atoms with E-state index in [4.69, 9.17) is 5.73 Å². The Morgan fingerprint density at radius 3 is 2.43 bits per heavy atom. The normalized spacial score (nSPS) is 12.8. The molecule has 78 valence electrons. The van der Waals surface area contributed by atoms with Crippen molar-refractivity contribution in [2.24, 2.45) is 5.73 Å². The first-order valence-electron chi connectivity index (χ1n) is 5.25. The Hall–Kier alpha value is -0.0900. The molecule has 0 heterocycles. The number of unbranched alkanes of at least 4 members (excludes halogenated alkanes) is 2. The third kappa shape index (κ3) is 3.96. The van der Waals surface area contributed by atoms with E-state index in [1.807, 2.05) is 0 Å². The minimum absolute atomic E-state index is 0.221. The summed E-state index contributed by atoms with van der Waals surface area (Å²) in [5.74, 6) is 0. The van der Waals surface area contributed by atoms with Crippen LogP contribution >= 0.6 is 22.6 Å². The van der Waals surface area contributed by atoms with E-state index in [9.17, 15) is 0 Å². The van der Waals surface area contributed by atoms with Crippen molar-refractivity contribution in [2.75, 3.05) is 0 Å². The van der Waals surface area contributed by atoms with Crippen LogP contribution in [0, 0.1) is 3.57 Å². The summed E-state index contributed by atoms with van der Waals surface area (Å²) < 4.78 is 1.27. The van der Waals surface area contributed by atoms with Gasteiger partial charge in [-0.15, -0.1) is 0 Å². The van der Waals surface area contributed by atoms with Crippen LogP contribution in [0.3, 0.4) is 0 Å². The molecular weight excluding hydrogens is 285 g/mol. The fraction of sp³-hybridized carbons (Fsp3) is 0.500. The molecule has 1 aromatic carbocycles. The standard InChI is InChI=1S/C12H18IN/c1-2-3-4-5-12(14)10-6-8-11(13)9-7-10/h6-9,12H,2-5,14H2,1H3/t12-/m0/s1. The summed E-state index contributed by atoms with van der Waals surface area (Å²) in [5.41, 5.74) is 7.35. The molecule has 0 aliphatic heterocycles. The van der Waals surface area contributed by atoms with Gasteiger partial charge in [-0.25, -0.2) is 0 Å². The van der Waals surface area contributed by atoms with Gasteiger partial charge >= 0.3 is 0 Å². The first-order valence-corrected chi connectivity index (χ1v) is 6.33. The number of hydrogen-bond acceptors (Lipinski definition) is 1. The molecule has 2 N–H and O–H groups in total. The third-order valence-corrected chi connectivity index (χ3v) is 3.14. The van der Waals surface area contributed by atoms with Crippen LogP contribution < -0.4 is 5.73 Å². The van der Waals surface area contributed by atoms with Crippen LogP contribution in [0.15, 0.2) is 24.3 Å². The van der Waals surface area contributed by atoms with Gasteiger partial charge in [0.15, 0.2) is 0 Å². The molecule has 1 atom stereocenters. The molecule has 0 saturated heterocycles. The zero-order chi connectivity index (χ0) is 10.4. The molecule has 0 fully saturated rings. The lowest BCUT2D eigenvalue weighted by molar-refractivity contribution is 0.581. The Balaban J connectivity index is 2.43. The van der Waals surface area contributed by atoms with E-state index in [1.165, 1.54) is 28.4 Å². The van der Waals surface area contributed by atoms with Crippen molar-refractivity contribution in [1.82, 2.24) is 0 Å². The molecule has 1 nitrogen and oxygen atoms in total. The first kappa shape index (κ1) is 12.0. The summed E-state index contributed by atoms with van der Waals surface area (Å²) >= 11 is 2.31. The summed E-state index contributed by atoms with van der Waals surface area (Å²) in [6.45, 7) is 2.22. The average Bonchev–Trinajstić information content (AvgIpc) is 2.19. The molecule has 0 saturated carbocycles. The molecule has 14 heavy (non-hydrogen) atoms. The molecule has 0 unspecified atom stereocenters. The Morgan fingerprint density at radius 2 is 1.86 bits per heavy atom. The second-order valence-corrected chi connectivity index (χ2v) is 4.90. The summed E-state index contributed by atoms with van der Waals surface area (Å²) in [5, 5.41) is 0. The van der Waals surface area contributed by atoms with Gasteiger partial charge in [-0.3, -0.25) is 0 Å². The molecule has 0 aliphatic carbocycles. The zero-order valence-corrected chi connectivity index (χ0v) is 10.8. The van der Waals surface area contributed by atoms with Crippen molar-refractivity contribution in [1.29, 1.82) is 0 Å². The van der Waals surface area contributed by atoms with Gasteiger partial charge in [0.1, 0.15) is 0 Å². The second-order valence-electron chi connectivity index (χ2n) is 3.65. The Morgan fingerprint density at radius 1 is 1.21 bits per heavy atom. The van der Waals surface area contributed by atoms with Crippen molar-refractivity contribution >= 4 is 22.6 Å². The predicted octanol–water partition coefficient (Wildman–Crippen LogP) is 3.87. The van der Waals surface area contributed by atoms with E-state index in [0.29, 0.717) is 0 Å². The molecule has 0 aromatic heterocycles. The molecule has 1 rings (SSSR count). The summed E-state index contributed by atoms with van der Waals surface area (Å²) in [6.07, 6.45) is 4.90. The van der Waals surface area contributed by atoms with Crippen molar-refractivity contribution in [3.8, 4) is 0 Å². The van der Waals surface area contributed by atoms with E-state index in [2.05, 4.69) is 53.8 Å².